The van der Waals surface area contributed by atoms with Crippen molar-refractivity contribution in [1.29, 1.82) is 0 Å². The first kappa shape index (κ1) is 16.2. The fourth-order valence-electron chi connectivity index (χ4n) is 2.20. The molecular formula is C12H19F3N2OS. The van der Waals surface area contributed by atoms with Crippen LogP contribution in [0.4, 0.5) is 13.2 Å². The smallest absolute Gasteiger partial charge is 0.391 e. The Hall–Kier alpha value is -0.850. The molecule has 1 amide bonds. The number of hydrogen-bond donors (Lipinski definition) is 2. The Morgan fingerprint density at radius 3 is 2.37 bits per heavy atom. The standard InChI is InChI=1S/C12H19F3N2OS/c1-11(2,10(16)19)17-9(18)7-4-3-5-8(6-7)12(13,14)15/h7-8H,3-6H2,1-2H3,(H2,16,19)(H,17,18). The van der Waals surface area contributed by atoms with E-state index in [2.05, 4.69) is 5.32 Å². The van der Waals surface area contributed by atoms with Crippen LogP contribution in [-0.2, 0) is 4.79 Å². The van der Waals surface area contributed by atoms with Crippen LogP contribution in [0.3, 0.4) is 0 Å². The van der Waals surface area contributed by atoms with E-state index in [9.17, 15) is 18.0 Å². The summed E-state index contributed by atoms with van der Waals surface area (Å²) in [6.45, 7) is 3.27. The van der Waals surface area contributed by atoms with E-state index in [4.69, 9.17) is 18.0 Å². The molecule has 2 atom stereocenters. The lowest BCUT2D eigenvalue weighted by Crippen LogP contribution is -2.54. The van der Waals surface area contributed by atoms with E-state index in [1.54, 1.807) is 13.8 Å². The normalized spacial score (nSPS) is 24.9. The third-order valence-electron chi connectivity index (χ3n) is 3.56. The summed E-state index contributed by atoms with van der Waals surface area (Å²) in [4.78, 5) is 12.1. The number of thiocarbonyl (C=S) groups is 1. The highest BCUT2D eigenvalue weighted by molar-refractivity contribution is 7.80. The highest BCUT2D eigenvalue weighted by atomic mass is 32.1. The van der Waals surface area contributed by atoms with Crippen molar-refractivity contribution in [3.05, 3.63) is 0 Å². The molecule has 1 aliphatic carbocycles. The van der Waals surface area contributed by atoms with Crippen LogP contribution in [0.25, 0.3) is 0 Å². The van der Waals surface area contributed by atoms with E-state index in [0.29, 0.717) is 12.8 Å². The minimum atomic E-state index is -4.22. The summed E-state index contributed by atoms with van der Waals surface area (Å²) in [6.07, 6.45) is -3.38. The molecule has 0 bridgehead atoms. The predicted octanol–water partition coefficient (Wildman–Crippen LogP) is 2.54. The van der Waals surface area contributed by atoms with E-state index in [1.807, 2.05) is 0 Å². The van der Waals surface area contributed by atoms with Crippen LogP contribution < -0.4 is 11.1 Å². The van der Waals surface area contributed by atoms with Gasteiger partial charge < -0.3 is 11.1 Å². The second kappa shape index (κ2) is 5.64. The Morgan fingerprint density at radius 2 is 1.89 bits per heavy atom. The summed E-state index contributed by atoms with van der Waals surface area (Å²) in [6, 6.07) is 0. The molecule has 1 aliphatic rings. The molecule has 3 N–H and O–H groups in total. The van der Waals surface area contributed by atoms with Gasteiger partial charge in [0.25, 0.3) is 0 Å². The fraction of sp³-hybridized carbons (Fsp3) is 0.833. The first-order valence-electron chi connectivity index (χ1n) is 6.22. The Balaban J connectivity index is 2.65. The van der Waals surface area contributed by atoms with Gasteiger partial charge in [-0.2, -0.15) is 13.2 Å². The van der Waals surface area contributed by atoms with Crippen molar-refractivity contribution < 1.29 is 18.0 Å². The number of rotatable bonds is 3. The first-order chi connectivity index (χ1) is 8.54. The Morgan fingerprint density at radius 1 is 1.32 bits per heavy atom. The monoisotopic (exact) mass is 296 g/mol. The quantitative estimate of drug-likeness (QED) is 0.787. The molecule has 0 aromatic carbocycles. The Bertz CT molecular complexity index is 368. The van der Waals surface area contributed by atoms with Gasteiger partial charge in [0.15, 0.2) is 0 Å². The Labute approximate surface area is 116 Å². The van der Waals surface area contributed by atoms with Crippen molar-refractivity contribution in [2.75, 3.05) is 0 Å². The van der Waals surface area contributed by atoms with Crippen molar-refractivity contribution >= 4 is 23.1 Å². The molecule has 2 unspecified atom stereocenters. The van der Waals surface area contributed by atoms with E-state index >= 15 is 0 Å². The van der Waals surface area contributed by atoms with Gasteiger partial charge in [-0.05, 0) is 33.1 Å². The molecule has 0 heterocycles. The van der Waals surface area contributed by atoms with E-state index in [-0.39, 0.29) is 17.8 Å². The maximum absolute atomic E-state index is 12.7. The van der Waals surface area contributed by atoms with Crippen LogP contribution >= 0.6 is 12.2 Å². The maximum Gasteiger partial charge on any atom is 0.391 e. The van der Waals surface area contributed by atoms with Gasteiger partial charge in [0, 0.05) is 5.92 Å². The lowest BCUT2D eigenvalue weighted by Gasteiger charge is -2.32. The highest BCUT2D eigenvalue weighted by Gasteiger charge is 2.44. The molecule has 0 radical (unpaired) electrons. The fourth-order valence-corrected chi connectivity index (χ4v) is 2.25. The zero-order chi connectivity index (χ0) is 14.8. The van der Waals surface area contributed by atoms with Crippen molar-refractivity contribution in [3.8, 4) is 0 Å². The van der Waals surface area contributed by atoms with Gasteiger partial charge in [-0.1, -0.05) is 18.6 Å². The van der Waals surface area contributed by atoms with Gasteiger partial charge in [-0.3, -0.25) is 4.79 Å². The topological polar surface area (TPSA) is 55.1 Å². The second-order valence-electron chi connectivity index (χ2n) is 5.58. The number of carbonyl (C=O) groups is 1. The zero-order valence-electron chi connectivity index (χ0n) is 11.0. The molecule has 1 rings (SSSR count). The Kier molecular flexibility index (Phi) is 4.81. The third kappa shape index (κ3) is 4.33. The van der Waals surface area contributed by atoms with Crippen LogP contribution in [0, 0.1) is 11.8 Å². The largest absolute Gasteiger partial charge is 0.391 e. The van der Waals surface area contributed by atoms with Gasteiger partial charge in [0.05, 0.1) is 16.4 Å². The molecule has 110 valence electrons. The van der Waals surface area contributed by atoms with Crippen molar-refractivity contribution in [3.63, 3.8) is 0 Å². The van der Waals surface area contributed by atoms with Crippen molar-refractivity contribution in [2.24, 2.45) is 17.6 Å². The highest BCUT2D eigenvalue weighted by Crippen LogP contribution is 2.40. The molecule has 0 aliphatic heterocycles. The van der Waals surface area contributed by atoms with Crippen LogP contribution in [0.2, 0.25) is 0 Å². The summed E-state index contributed by atoms with van der Waals surface area (Å²) in [5.74, 6) is -2.40. The predicted molar refractivity (Wildman–Crippen MR) is 70.5 cm³/mol. The minimum absolute atomic E-state index is 0.103. The van der Waals surface area contributed by atoms with Gasteiger partial charge in [0.2, 0.25) is 5.91 Å². The molecule has 0 saturated heterocycles. The van der Waals surface area contributed by atoms with Gasteiger partial charge in [-0.25, -0.2) is 0 Å². The second-order valence-corrected chi connectivity index (χ2v) is 6.02. The lowest BCUT2D eigenvalue weighted by atomic mass is 9.80. The summed E-state index contributed by atoms with van der Waals surface area (Å²) < 4.78 is 38.0. The van der Waals surface area contributed by atoms with Crippen LogP contribution in [0.1, 0.15) is 39.5 Å². The molecule has 7 heteroatoms. The number of hydrogen-bond acceptors (Lipinski definition) is 2. The number of carbonyl (C=O) groups excluding carboxylic acids is 1. The maximum atomic E-state index is 12.7. The minimum Gasteiger partial charge on any atom is -0.391 e. The average Bonchev–Trinajstić information content (AvgIpc) is 2.27. The van der Waals surface area contributed by atoms with Gasteiger partial charge in [-0.15, -0.1) is 0 Å². The van der Waals surface area contributed by atoms with E-state index in [1.165, 1.54) is 0 Å². The van der Waals surface area contributed by atoms with Crippen molar-refractivity contribution in [1.82, 2.24) is 5.32 Å². The molecule has 19 heavy (non-hydrogen) atoms. The van der Waals surface area contributed by atoms with Gasteiger partial charge >= 0.3 is 6.18 Å². The van der Waals surface area contributed by atoms with E-state index < -0.39 is 29.5 Å². The van der Waals surface area contributed by atoms with Crippen LogP contribution in [-0.4, -0.2) is 22.6 Å². The van der Waals surface area contributed by atoms with Crippen LogP contribution in [0.5, 0.6) is 0 Å². The number of amides is 1. The first-order valence-corrected chi connectivity index (χ1v) is 6.63. The molecule has 0 aromatic rings. The summed E-state index contributed by atoms with van der Waals surface area (Å²) >= 11 is 4.82. The third-order valence-corrected chi connectivity index (χ3v) is 4.07. The zero-order valence-corrected chi connectivity index (χ0v) is 11.8. The SMILES string of the molecule is CC(C)(NC(=O)C1CCCC(C(F)(F)F)C1)C(N)=S. The summed E-state index contributed by atoms with van der Waals surface area (Å²) in [5.41, 5.74) is 4.60. The number of nitrogens with two attached hydrogens (primary N) is 1. The molecule has 3 nitrogen and oxygen atoms in total. The van der Waals surface area contributed by atoms with Crippen LogP contribution in [0.15, 0.2) is 0 Å². The number of alkyl halides is 3. The molecule has 1 saturated carbocycles. The molecule has 0 aromatic heterocycles. The average molecular weight is 296 g/mol. The van der Waals surface area contributed by atoms with E-state index in [0.717, 1.165) is 0 Å². The summed E-state index contributed by atoms with van der Waals surface area (Å²) in [7, 11) is 0. The molecule has 1 fully saturated rings. The number of nitrogens with one attached hydrogen (secondary N) is 1. The lowest BCUT2D eigenvalue weighted by molar-refractivity contribution is -0.186. The van der Waals surface area contributed by atoms with Crippen molar-refractivity contribution in [2.45, 2.75) is 51.2 Å². The summed E-state index contributed by atoms with van der Waals surface area (Å²) in [5, 5.41) is 2.62. The molecule has 0 spiro atoms. The van der Waals surface area contributed by atoms with Gasteiger partial charge in [0.1, 0.15) is 0 Å². The number of halogens is 3. The molecular weight excluding hydrogens is 277 g/mol.